The van der Waals surface area contributed by atoms with Crippen molar-refractivity contribution < 1.29 is 4.39 Å². The maximum atomic E-state index is 13.9. The monoisotopic (exact) mass is 330 g/mol. The number of para-hydroxylation sites is 1. The van der Waals surface area contributed by atoms with Gasteiger partial charge >= 0.3 is 0 Å². The molecule has 0 bridgehead atoms. The average Bonchev–Trinajstić information content (AvgIpc) is 3.16. The highest BCUT2D eigenvalue weighted by Crippen LogP contribution is 2.26. The largest absolute Gasteiger partial charge is 0.305 e. The molecular formula is C19H27FN4. The van der Waals surface area contributed by atoms with E-state index in [-0.39, 0.29) is 5.82 Å². The summed E-state index contributed by atoms with van der Waals surface area (Å²) in [4.78, 5) is 4.84. The SMILES string of the molecule is CCC[C@@H]1CN(Cc2cnn(-c3ccccc3F)c2)C[C@H]1N(C)C. The predicted molar refractivity (Wildman–Crippen MR) is 94.7 cm³/mol. The van der Waals surface area contributed by atoms with E-state index in [1.807, 2.05) is 18.5 Å². The highest BCUT2D eigenvalue weighted by atomic mass is 19.1. The van der Waals surface area contributed by atoms with Crippen LogP contribution in [0.2, 0.25) is 0 Å². The van der Waals surface area contributed by atoms with Crippen molar-refractivity contribution in [1.29, 1.82) is 0 Å². The van der Waals surface area contributed by atoms with Crippen LogP contribution in [0.5, 0.6) is 0 Å². The zero-order valence-corrected chi connectivity index (χ0v) is 14.8. The topological polar surface area (TPSA) is 24.3 Å². The van der Waals surface area contributed by atoms with Crippen molar-refractivity contribution in [2.45, 2.75) is 32.4 Å². The first-order chi connectivity index (χ1) is 11.6. The molecule has 0 saturated carbocycles. The second-order valence-corrected chi connectivity index (χ2v) is 7.02. The Morgan fingerprint density at radius 1 is 1.25 bits per heavy atom. The number of benzene rings is 1. The Labute approximate surface area is 143 Å². The molecule has 4 nitrogen and oxygen atoms in total. The summed E-state index contributed by atoms with van der Waals surface area (Å²) in [7, 11) is 4.35. The molecule has 0 N–H and O–H groups in total. The van der Waals surface area contributed by atoms with Crippen LogP contribution in [-0.4, -0.2) is 52.8 Å². The molecule has 1 aromatic carbocycles. The minimum absolute atomic E-state index is 0.246. The van der Waals surface area contributed by atoms with Crippen LogP contribution < -0.4 is 0 Å². The number of nitrogens with zero attached hydrogens (tertiary/aromatic N) is 4. The standard InChI is InChI=1S/C19H27FN4/c1-4-7-16-13-23(14-19(16)22(2)3)11-15-10-21-24(12-15)18-9-6-5-8-17(18)20/h5-6,8-10,12,16,19H,4,7,11,13-14H2,1-3H3/t16-,19-/m1/s1. The summed E-state index contributed by atoms with van der Waals surface area (Å²) in [6.45, 7) is 5.34. The van der Waals surface area contributed by atoms with Crippen LogP contribution in [-0.2, 0) is 6.54 Å². The van der Waals surface area contributed by atoms with Gasteiger partial charge in [0.05, 0.1) is 6.20 Å². The fourth-order valence-corrected chi connectivity index (χ4v) is 3.78. The summed E-state index contributed by atoms with van der Waals surface area (Å²) in [6, 6.07) is 7.36. The Balaban J connectivity index is 1.68. The van der Waals surface area contributed by atoms with Crippen LogP contribution in [0.1, 0.15) is 25.3 Å². The molecule has 2 atom stereocenters. The van der Waals surface area contributed by atoms with E-state index in [9.17, 15) is 4.39 Å². The molecule has 0 radical (unpaired) electrons. The van der Waals surface area contributed by atoms with Crippen molar-refractivity contribution in [1.82, 2.24) is 19.6 Å². The van der Waals surface area contributed by atoms with E-state index in [1.165, 1.54) is 18.9 Å². The molecule has 1 aliphatic rings. The number of hydrogen-bond acceptors (Lipinski definition) is 3. The summed E-state index contributed by atoms with van der Waals surface area (Å²) in [5.74, 6) is 0.482. The van der Waals surface area contributed by atoms with E-state index >= 15 is 0 Å². The minimum atomic E-state index is -0.246. The summed E-state index contributed by atoms with van der Waals surface area (Å²) in [5.41, 5.74) is 1.63. The number of halogens is 1. The lowest BCUT2D eigenvalue weighted by molar-refractivity contribution is 0.239. The van der Waals surface area contributed by atoms with Crippen LogP contribution in [0.4, 0.5) is 4.39 Å². The molecular weight excluding hydrogens is 303 g/mol. The van der Waals surface area contributed by atoms with Crippen molar-refractivity contribution in [3.63, 3.8) is 0 Å². The third kappa shape index (κ3) is 3.68. The van der Waals surface area contributed by atoms with Crippen molar-refractivity contribution >= 4 is 0 Å². The maximum absolute atomic E-state index is 13.9. The van der Waals surface area contributed by atoms with Gasteiger partial charge in [-0.1, -0.05) is 25.5 Å². The van der Waals surface area contributed by atoms with Crippen LogP contribution in [0, 0.1) is 11.7 Å². The van der Waals surface area contributed by atoms with E-state index in [0.717, 1.165) is 31.1 Å². The van der Waals surface area contributed by atoms with Gasteiger partial charge in [0.2, 0.25) is 0 Å². The number of aromatic nitrogens is 2. The first-order valence-electron chi connectivity index (χ1n) is 8.75. The molecule has 1 fully saturated rings. The highest BCUT2D eigenvalue weighted by molar-refractivity contribution is 5.32. The van der Waals surface area contributed by atoms with E-state index in [2.05, 4.69) is 35.9 Å². The van der Waals surface area contributed by atoms with E-state index < -0.39 is 0 Å². The lowest BCUT2D eigenvalue weighted by Crippen LogP contribution is -2.35. The Morgan fingerprint density at radius 3 is 2.75 bits per heavy atom. The van der Waals surface area contributed by atoms with Gasteiger partial charge in [0.25, 0.3) is 0 Å². The van der Waals surface area contributed by atoms with Crippen molar-refractivity contribution in [3.8, 4) is 5.69 Å². The molecule has 1 saturated heterocycles. The number of likely N-dealkylation sites (N-methyl/N-ethyl adjacent to an activating group) is 1. The van der Waals surface area contributed by atoms with E-state index in [4.69, 9.17) is 0 Å². The number of rotatable bonds is 6. The summed E-state index contributed by atoms with van der Waals surface area (Å²) in [6.07, 6.45) is 6.29. The third-order valence-corrected chi connectivity index (χ3v) is 4.95. The normalized spacial score (nSPS) is 21.7. The van der Waals surface area contributed by atoms with Gasteiger partial charge in [-0.15, -0.1) is 0 Å². The quantitative estimate of drug-likeness (QED) is 0.813. The second kappa shape index (κ2) is 7.45. The average molecular weight is 330 g/mol. The van der Waals surface area contributed by atoms with Crippen LogP contribution >= 0.6 is 0 Å². The molecule has 130 valence electrons. The van der Waals surface area contributed by atoms with Gasteiger partial charge < -0.3 is 4.90 Å². The van der Waals surface area contributed by atoms with E-state index in [0.29, 0.717) is 11.7 Å². The third-order valence-electron chi connectivity index (χ3n) is 4.95. The maximum Gasteiger partial charge on any atom is 0.148 e. The van der Waals surface area contributed by atoms with Gasteiger partial charge in [0, 0.05) is 37.4 Å². The van der Waals surface area contributed by atoms with E-state index in [1.54, 1.807) is 16.8 Å². The Bertz CT molecular complexity index is 667. The Morgan fingerprint density at radius 2 is 2.04 bits per heavy atom. The van der Waals surface area contributed by atoms with Crippen molar-refractivity contribution in [2.24, 2.45) is 5.92 Å². The Hall–Kier alpha value is -1.72. The zero-order chi connectivity index (χ0) is 17.1. The molecule has 3 rings (SSSR count). The van der Waals surface area contributed by atoms with Crippen LogP contribution in [0.25, 0.3) is 5.69 Å². The molecule has 1 aromatic heterocycles. The molecule has 2 aromatic rings. The highest BCUT2D eigenvalue weighted by Gasteiger charge is 2.33. The van der Waals surface area contributed by atoms with Crippen LogP contribution in [0.3, 0.4) is 0 Å². The first kappa shape index (κ1) is 17.1. The smallest absolute Gasteiger partial charge is 0.148 e. The summed E-state index contributed by atoms with van der Waals surface area (Å²) in [5, 5.41) is 4.34. The molecule has 1 aliphatic heterocycles. The number of likely N-dealkylation sites (tertiary alicyclic amines) is 1. The van der Waals surface area contributed by atoms with Gasteiger partial charge in [0.15, 0.2) is 0 Å². The lowest BCUT2D eigenvalue weighted by atomic mass is 9.98. The fourth-order valence-electron chi connectivity index (χ4n) is 3.78. The van der Waals surface area contributed by atoms with Gasteiger partial charge in [-0.05, 0) is 38.6 Å². The lowest BCUT2D eigenvalue weighted by Gasteiger charge is -2.24. The van der Waals surface area contributed by atoms with Gasteiger partial charge in [0.1, 0.15) is 11.5 Å². The predicted octanol–water partition coefficient (Wildman–Crippen LogP) is 3.17. The molecule has 5 heteroatoms. The zero-order valence-electron chi connectivity index (χ0n) is 14.8. The van der Waals surface area contributed by atoms with Crippen LogP contribution in [0.15, 0.2) is 36.7 Å². The van der Waals surface area contributed by atoms with Gasteiger partial charge in [-0.2, -0.15) is 5.10 Å². The molecule has 0 amide bonds. The van der Waals surface area contributed by atoms with Crippen molar-refractivity contribution in [3.05, 3.63) is 48.0 Å². The summed E-state index contributed by atoms with van der Waals surface area (Å²) >= 11 is 0. The minimum Gasteiger partial charge on any atom is -0.305 e. The molecule has 0 aliphatic carbocycles. The fraction of sp³-hybridized carbons (Fsp3) is 0.526. The second-order valence-electron chi connectivity index (χ2n) is 7.02. The first-order valence-corrected chi connectivity index (χ1v) is 8.75. The van der Waals surface area contributed by atoms with Gasteiger partial charge in [-0.25, -0.2) is 9.07 Å². The molecule has 0 spiro atoms. The molecule has 0 unspecified atom stereocenters. The van der Waals surface area contributed by atoms with Crippen molar-refractivity contribution in [2.75, 3.05) is 27.2 Å². The number of hydrogen-bond donors (Lipinski definition) is 0. The molecule has 24 heavy (non-hydrogen) atoms. The van der Waals surface area contributed by atoms with Gasteiger partial charge in [-0.3, -0.25) is 4.90 Å². The Kier molecular flexibility index (Phi) is 5.31. The summed E-state index contributed by atoms with van der Waals surface area (Å²) < 4.78 is 15.5. The molecule has 2 heterocycles.